The second-order valence-electron chi connectivity index (χ2n) is 17.0. The molecule has 0 bridgehead atoms. The molecule has 3 aromatic rings. The molecule has 2 heterocycles. The number of aromatic amines is 1. The monoisotopic (exact) mass is 860 g/mol. The number of esters is 1. The van der Waals surface area contributed by atoms with Crippen LogP contribution in [0, 0.1) is 11.8 Å². The summed E-state index contributed by atoms with van der Waals surface area (Å²) in [6.45, 7) is 4.96. The Hall–Kier alpha value is -5.24. The highest BCUT2D eigenvalue weighted by Gasteiger charge is 2.44. The molecule has 4 rings (SSSR count). The smallest absolute Gasteiger partial charge is 0.341 e. The zero-order valence-corrected chi connectivity index (χ0v) is 36.0. The van der Waals surface area contributed by atoms with E-state index in [1.165, 1.54) is 24.8 Å². The number of aromatic nitrogens is 3. The number of ketones is 1. The lowest BCUT2D eigenvalue weighted by atomic mass is 9.71. The van der Waals surface area contributed by atoms with Crippen molar-refractivity contribution < 1.29 is 38.6 Å². The fourth-order valence-electron chi connectivity index (χ4n) is 7.82. The van der Waals surface area contributed by atoms with Gasteiger partial charge in [0.25, 0.3) is 11.8 Å². The van der Waals surface area contributed by atoms with Crippen molar-refractivity contribution in [2.45, 2.75) is 134 Å². The molecule has 18 heteroatoms. The highest BCUT2D eigenvalue weighted by molar-refractivity contribution is 6.19. The first-order valence-electron chi connectivity index (χ1n) is 21.3. The second-order valence-corrected chi connectivity index (χ2v) is 17.0. The van der Waals surface area contributed by atoms with Crippen molar-refractivity contribution in [2.75, 3.05) is 6.54 Å². The summed E-state index contributed by atoms with van der Waals surface area (Å²) in [6, 6.07) is 5.66. The van der Waals surface area contributed by atoms with Gasteiger partial charge < -0.3 is 48.8 Å². The number of unbranched alkanes of at least 4 members (excludes halogenated alkanes) is 1. The molecule has 1 fully saturated rings. The molecule has 0 saturated heterocycles. The van der Waals surface area contributed by atoms with Crippen molar-refractivity contribution in [3.05, 3.63) is 83.2 Å². The van der Waals surface area contributed by atoms with Gasteiger partial charge in [-0.3, -0.25) is 29.0 Å². The number of benzene rings is 1. The molecule has 13 N–H and O–H groups in total. The fraction of sp³-hybridized carbons (Fsp3) is 0.545. The van der Waals surface area contributed by atoms with E-state index in [9.17, 15) is 33.9 Å². The fourth-order valence-corrected chi connectivity index (χ4v) is 7.82. The summed E-state index contributed by atoms with van der Waals surface area (Å²) < 4.78 is 5.55. The highest BCUT2D eigenvalue weighted by Crippen LogP contribution is 2.34. The van der Waals surface area contributed by atoms with Crippen LogP contribution in [0.2, 0.25) is 0 Å². The number of nitrogens with one attached hydrogen (secondary N) is 2. The predicted octanol–water partition coefficient (Wildman–Crippen LogP) is 1.31. The van der Waals surface area contributed by atoms with E-state index in [4.69, 9.17) is 33.4 Å². The van der Waals surface area contributed by atoms with Crippen LogP contribution in [0.1, 0.15) is 116 Å². The number of ether oxygens (including phenoxy) is 1. The Balaban J connectivity index is 1.69. The molecule has 6 atom stereocenters. The van der Waals surface area contributed by atoms with Crippen LogP contribution >= 0.6 is 0 Å². The first-order valence-corrected chi connectivity index (χ1v) is 21.3. The predicted molar refractivity (Wildman–Crippen MR) is 230 cm³/mol. The second kappa shape index (κ2) is 23.3. The Labute approximate surface area is 362 Å². The number of rotatable bonds is 21. The van der Waals surface area contributed by atoms with Crippen molar-refractivity contribution in [1.29, 1.82) is 0 Å². The number of carbonyl (C=O) groups is 6. The number of Topliss-reactive ketones (excluding diaryl/α,β-unsaturated/α-hetero) is 1. The molecule has 338 valence electrons. The molecule has 1 aliphatic rings. The van der Waals surface area contributed by atoms with Crippen LogP contribution in [0.3, 0.4) is 0 Å². The highest BCUT2D eigenvalue weighted by atomic mass is 16.6. The summed E-state index contributed by atoms with van der Waals surface area (Å²) in [6.07, 6.45) is 6.31. The first kappa shape index (κ1) is 49.4. The number of hydrogen-bond acceptors (Lipinski definition) is 15. The summed E-state index contributed by atoms with van der Waals surface area (Å²) in [5, 5.41) is 14.7. The molecule has 1 saturated carbocycles. The lowest BCUT2D eigenvalue weighted by Gasteiger charge is -2.37. The van der Waals surface area contributed by atoms with E-state index >= 15 is 0 Å². The number of hydrogen-bond donors (Lipinski definition) is 8. The Morgan fingerprint density at radius 3 is 2.26 bits per heavy atom. The molecular formula is C44H64N10O8. The maximum atomic E-state index is 14.9. The maximum Gasteiger partial charge on any atom is 0.341 e. The number of H-pyrrole nitrogens is 1. The van der Waals surface area contributed by atoms with Crippen LogP contribution in [0.5, 0.6) is 0 Å². The summed E-state index contributed by atoms with van der Waals surface area (Å²) in [5.41, 5.74) is 30.6. The van der Waals surface area contributed by atoms with Gasteiger partial charge >= 0.3 is 5.97 Å². The average Bonchev–Trinajstić information content (AvgIpc) is 3.76. The molecule has 2 aromatic heterocycles. The molecule has 0 spiro atoms. The number of imidazole rings is 1. The zero-order valence-electron chi connectivity index (χ0n) is 36.0. The quantitative estimate of drug-likeness (QED) is 0.0553. The molecule has 62 heavy (non-hydrogen) atoms. The van der Waals surface area contributed by atoms with Gasteiger partial charge in [0.1, 0.15) is 11.3 Å². The van der Waals surface area contributed by atoms with Crippen molar-refractivity contribution in [3.63, 3.8) is 0 Å². The van der Waals surface area contributed by atoms with Crippen LogP contribution in [0.25, 0.3) is 0 Å². The van der Waals surface area contributed by atoms with Gasteiger partial charge in [-0.1, -0.05) is 56.0 Å². The molecule has 3 unspecified atom stereocenters. The standard InChI is InChI=1S/C44H64N10O8/c1-44(2,3)62-43(61)36-28(23-46)17-19-51-38(36)42(60)54(41(59)30(47)16-10-11-18-45)34(56)22-33(55)37(49)35(27-14-8-5-9-15-27)39(57)32(21-29-24-50-25-52-29)53-40(58)31(48)20-26-12-6-4-7-13-26/h4,6-7,12-13,17,19,24-25,27,30-33,35,37,55H,5,8-11,14-16,18,20-23,45-49H2,1-3H3,(H,50,52)(H,53,58)/t30-,31-,32-,33?,35?,37?/m0/s1. The molecule has 0 aliphatic heterocycles. The zero-order chi connectivity index (χ0) is 45.6. The van der Waals surface area contributed by atoms with E-state index in [1.54, 1.807) is 20.8 Å². The topological polar surface area (TPSA) is 319 Å². The summed E-state index contributed by atoms with van der Waals surface area (Å²) in [4.78, 5) is 96.2. The lowest BCUT2D eigenvalue weighted by molar-refractivity contribution is -0.144. The number of amides is 4. The number of carbonyl (C=O) groups excluding carboxylic acids is 6. The van der Waals surface area contributed by atoms with Gasteiger partial charge in [-0.15, -0.1) is 0 Å². The molecule has 1 aliphatic carbocycles. The van der Waals surface area contributed by atoms with Crippen molar-refractivity contribution >= 4 is 35.4 Å². The van der Waals surface area contributed by atoms with E-state index < -0.39 is 89.3 Å². The summed E-state index contributed by atoms with van der Waals surface area (Å²) in [7, 11) is 0. The van der Waals surface area contributed by atoms with Crippen LogP contribution in [-0.4, -0.2) is 103 Å². The number of imide groups is 3. The Morgan fingerprint density at radius 2 is 1.65 bits per heavy atom. The minimum absolute atomic E-state index is 0.00126. The van der Waals surface area contributed by atoms with E-state index in [0.29, 0.717) is 37.9 Å². The minimum atomic E-state index is -1.78. The number of aliphatic hydroxyl groups is 1. The van der Waals surface area contributed by atoms with E-state index in [1.807, 2.05) is 30.3 Å². The van der Waals surface area contributed by atoms with Gasteiger partial charge in [0.15, 0.2) is 5.78 Å². The van der Waals surface area contributed by atoms with Gasteiger partial charge in [0.2, 0.25) is 11.8 Å². The molecule has 4 amide bonds. The Kier molecular flexibility index (Phi) is 18.5. The largest absolute Gasteiger partial charge is 0.456 e. The molecule has 1 aromatic carbocycles. The minimum Gasteiger partial charge on any atom is -0.456 e. The number of pyridine rings is 1. The van der Waals surface area contributed by atoms with Crippen LogP contribution < -0.4 is 34.0 Å². The van der Waals surface area contributed by atoms with Crippen LogP contribution in [-0.2, 0) is 43.3 Å². The van der Waals surface area contributed by atoms with Gasteiger partial charge in [0, 0.05) is 43.0 Å². The van der Waals surface area contributed by atoms with Crippen LogP contribution in [0.15, 0.2) is 55.1 Å². The van der Waals surface area contributed by atoms with Crippen LogP contribution in [0.4, 0.5) is 0 Å². The first-order chi connectivity index (χ1) is 29.5. The van der Waals surface area contributed by atoms with Gasteiger partial charge in [0.05, 0.1) is 42.5 Å². The van der Waals surface area contributed by atoms with Gasteiger partial charge in [-0.25, -0.2) is 14.7 Å². The third-order valence-electron chi connectivity index (χ3n) is 11.0. The van der Waals surface area contributed by atoms with E-state index in [2.05, 4.69) is 20.3 Å². The third-order valence-corrected chi connectivity index (χ3v) is 11.0. The van der Waals surface area contributed by atoms with Crippen molar-refractivity contribution in [3.8, 4) is 0 Å². The normalized spacial score (nSPS) is 16.3. The van der Waals surface area contributed by atoms with Gasteiger partial charge in [-0.2, -0.15) is 0 Å². The van der Waals surface area contributed by atoms with Crippen molar-refractivity contribution in [2.24, 2.45) is 40.5 Å². The number of aliphatic hydroxyl groups excluding tert-OH is 1. The molecule has 0 radical (unpaired) electrons. The lowest BCUT2D eigenvalue weighted by Crippen LogP contribution is -2.57. The van der Waals surface area contributed by atoms with E-state index in [0.717, 1.165) is 24.8 Å². The number of nitrogens with two attached hydrogens (primary N) is 5. The Bertz CT molecular complexity index is 1970. The molecule has 18 nitrogen and oxygen atoms in total. The summed E-state index contributed by atoms with van der Waals surface area (Å²) >= 11 is 0. The average molecular weight is 861 g/mol. The van der Waals surface area contributed by atoms with Gasteiger partial charge in [-0.05, 0) is 82.5 Å². The Morgan fingerprint density at radius 1 is 0.952 bits per heavy atom. The summed E-state index contributed by atoms with van der Waals surface area (Å²) in [5.74, 6) is -7.05. The SMILES string of the molecule is CC(C)(C)OC(=O)c1c(CN)ccnc1C(=O)N(C(=O)CC(O)C(N)C(C(=O)[C@H](Cc1cnc[nH]1)NC(=O)[C@@H](N)Cc1ccccc1)C1CCCCC1)C(=O)[C@@H](N)CCCCN. The van der Waals surface area contributed by atoms with Crippen molar-refractivity contribution in [1.82, 2.24) is 25.2 Å². The molecular weight excluding hydrogens is 797 g/mol. The maximum absolute atomic E-state index is 14.9. The van der Waals surface area contributed by atoms with E-state index in [-0.39, 0.29) is 47.8 Å². The third kappa shape index (κ3) is 13.6. The number of nitrogens with zero attached hydrogens (tertiary/aromatic N) is 3.